The average molecular weight is 328 g/mol. The lowest BCUT2D eigenvalue weighted by Crippen LogP contribution is -2.37. The Hall–Kier alpha value is -0.580. The van der Waals surface area contributed by atoms with E-state index in [9.17, 15) is 5.11 Å². The van der Waals surface area contributed by atoms with Gasteiger partial charge in [-0.1, -0.05) is 25.3 Å². The zero-order valence-corrected chi connectivity index (χ0v) is 13.0. The van der Waals surface area contributed by atoms with Gasteiger partial charge in [0.25, 0.3) is 0 Å². The van der Waals surface area contributed by atoms with Gasteiger partial charge in [0.1, 0.15) is 12.4 Å². The number of benzene rings is 1. The van der Waals surface area contributed by atoms with Gasteiger partial charge in [-0.15, -0.1) is 0 Å². The number of halogens is 1. The molecular formula is C15H22BrNO2. The Bertz CT molecular complexity index is 417. The molecule has 2 N–H and O–H groups in total. The minimum Gasteiger partial charge on any atom is -0.489 e. The summed E-state index contributed by atoms with van der Waals surface area (Å²) >= 11 is 3.53. The molecule has 0 amide bonds. The lowest BCUT2D eigenvalue weighted by Gasteiger charge is -2.31. The molecular weight excluding hydrogens is 306 g/mol. The van der Waals surface area contributed by atoms with Crippen LogP contribution in [-0.4, -0.2) is 24.4 Å². The van der Waals surface area contributed by atoms with Crippen LogP contribution in [0.4, 0.5) is 0 Å². The fourth-order valence-electron chi connectivity index (χ4n) is 2.54. The van der Waals surface area contributed by atoms with Crippen molar-refractivity contribution in [1.29, 1.82) is 0 Å². The van der Waals surface area contributed by atoms with E-state index in [2.05, 4.69) is 27.3 Å². The molecule has 0 aromatic heterocycles. The first-order valence-electron chi connectivity index (χ1n) is 6.91. The van der Waals surface area contributed by atoms with E-state index in [1.807, 2.05) is 19.2 Å². The summed E-state index contributed by atoms with van der Waals surface area (Å²) in [5, 5.41) is 13.5. The van der Waals surface area contributed by atoms with Crippen LogP contribution < -0.4 is 10.1 Å². The Balaban J connectivity index is 1.95. The maximum atomic E-state index is 10.4. The number of hydrogen-bond acceptors (Lipinski definition) is 3. The number of hydrogen-bond donors (Lipinski definition) is 2. The van der Waals surface area contributed by atoms with E-state index in [4.69, 9.17) is 4.74 Å². The maximum absolute atomic E-state index is 10.4. The van der Waals surface area contributed by atoms with Crippen molar-refractivity contribution < 1.29 is 9.84 Å². The van der Waals surface area contributed by atoms with Crippen molar-refractivity contribution in [2.75, 3.05) is 13.7 Å². The fourth-order valence-corrected chi connectivity index (χ4v) is 3.08. The highest BCUT2D eigenvalue weighted by Crippen LogP contribution is 2.31. The topological polar surface area (TPSA) is 41.5 Å². The van der Waals surface area contributed by atoms with Gasteiger partial charge in [-0.3, -0.25) is 0 Å². The van der Waals surface area contributed by atoms with E-state index in [1.165, 1.54) is 12.0 Å². The third-order valence-corrected chi connectivity index (χ3v) is 4.28. The van der Waals surface area contributed by atoms with Crippen LogP contribution in [0.2, 0.25) is 0 Å². The van der Waals surface area contributed by atoms with Gasteiger partial charge >= 0.3 is 0 Å². The second kappa shape index (κ2) is 6.73. The van der Waals surface area contributed by atoms with Gasteiger partial charge in [0, 0.05) is 6.54 Å². The quantitative estimate of drug-likeness (QED) is 0.872. The normalized spacial score (nSPS) is 18.3. The van der Waals surface area contributed by atoms with Crippen molar-refractivity contribution >= 4 is 15.9 Å². The standard InChI is InChI=1S/C15H22BrNO2/c1-17-10-12-5-6-14(13(16)9-12)19-11-15(18)7-3-2-4-8-15/h5-6,9,17-18H,2-4,7-8,10-11H2,1H3. The van der Waals surface area contributed by atoms with Crippen molar-refractivity contribution in [3.8, 4) is 5.75 Å². The Morgan fingerprint density at radius 1 is 1.32 bits per heavy atom. The predicted octanol–water partition coefficient (Wildman–Crippen LogP) is 3.24. The summed E-state index contributed by atoms with van der Waals surface area (Å²) in [4.78, 5) is 0. The minimum absolute atomic E-state index is 0.386. The van der Waals surface area contributed by atoms with Crippen molar-refractivity contribution in [3.63, 3.8) is 0 Å². The number of ether oxygens (including phenoxy) is 1. The third kappa shape index (κ3) is 4.20. The largest absolute Gasteiger partial charge is 0.489 e. The maximum Gasteiger partial charge on any atom is 0.133 e. The second-order valence-electron chi connectivity index (χ2n) is 5.37. The van der Waals surface area contributed by atoms with E-state index in [-0.39, 0.29) is 0 Å². The van der Waals surface area contributed by atoms with Gasteiger partial charge in [0.2, 0.25) is 0 Å². The highest BCUT2D eigenvalue weighted by atomic mass is 79.9. The number of nitrogens with one attached hydrogen (secondary N) is 1. The summed E-state index contributed by atoms with van der Waals surface area (Å²) in [5.41, 5.74) is 0.569. The van der Waals surface area contributed by atoms with Crippen molar-refractivity contribution in [2.24, 2.45) is 0 Å². The summed E-state index contributed by atoms with van der Waals surface area (Å²) in [6, 6.07) is 6.06. The number of aliphatic hydroxyl groups is 1. The molecule has 19 heavy (non-hydrogen) atoms. The van der Waals surface area contributed by atoms with E-state index in [0.717, 1.165) is 42.5 Å². The van der Waals surface area contributed by atoms with Crippen molar-refractivity contribution in [2.45, 2.75) is 44.2 Å². The molecule has 3 nitrogen and oxygen atoms in total. The summed E-state index contributed by atoms with van der Waals surface area (Å²) in [6.45, 7) is 1.22. The van der Waals surface area contributed by atoms with Crippen LogP contribution in [0.25, 0.3) is 0 Å². The second-order valence-corrected chi connectivity index (χ2v) is 6.22. The molecule has 1 aliphatic carbocycles. The van der Waals surface area contributed by atoms with Crippen LogP contribution in [0.15, 0.2) is 22.7 Å². The predicted molar refractivity (Wildman–Crippen MR) is 80.4 cm³/mol. The first kappa shape index (κ1) is 14.8. The van der Waals surface area contributed by atoms with Gasteiger partial charge in [-0.05, 0) is 53.5 Å². The Kier molecular flexibility index (Phi) is 5.25. The summed E-state index contributed by atoms with van der Waals surface area (Å²) in [5.74, 6) is 0.804. The molecule has 2 rings (SSSR count). The zero-order chi connectivity index (χ0) is 13.7. The molecule has 0 aliphatic heterocycles. The van der Waals surface area contributed by atoms with Gasteiger partial charge in [-0.25, -0.2) is 0 Å². The molecule has 1 aliphatic rings. The highest BCUT2D eigenvalue weighted by molar-refractivity contribution is 9.10. The fraction of sp³-hybridized carbons (Fsp3) is 0.600. The summed E-state index contributed by atoms with van der Waals surface area (Å²) < 4.78 is 6.74. The monoisotopic (exact) mass is 327 g/mol. The van der Waals surface area contributed by atoms with E-state index >= 15 is 0 Å². The molecule has 4 heteroatoms. The molecule has 1 saturated carbocycles. The van der Waals surface area contributed by atoms with Crippen LogP contribution in [-0.2, 0) is 6.54 Å². The summed E-state index contributed by atoms with van der Waals surface area (Å²) in [6.07, 6.45) is 5.12. The lowest BCUT2D eigenvalue weighted by molar-refractivity contribution is -0.0340. The van der Waals surface area contributed by atoms with Gasteiger partial charge in [-0.2, -0.15) is 0 Å². The Labute approximate surface area is 123 Å². The van der Waals surface area contributed by atoms with Crippen LogP contribution in [0.5, 0.6) is 5.75 Å². The molecule has 0 bridgehead atoms. The van der Waals surface area contributed by atoms with Crippen LogP contribution in [0, 0.1) is 0 Å². The smallest absolute Gasteiger partial charge is 0.133 e. The Morgan fingerprint density at radius 2 is 2.05 bits per heavy atom. The highest BCUT2D eigenvalue weighted by Gasteiger charge is 2.30. The van der Waals surface area contributed by atoms with Gasteiger partial charge < -0.3 is 15.2 Å². The molecule has 0 unspecified atom stereocenters. The van der Waals surface area contributed by atoms with Crippen molar-refractivity contribution in [3.05, 3.63) is 28.2 Å². The summed E-state index contributed by atoms with van der Waals surface area (Å²) in [7, 11) is 1.93. The SMILES string of the molecule is CNCc1ccc(OCC2(O)CCCCC2)c(Br)c1. The lowest BCUT2D eigenvalue weighted by atomic mass is 9.85. The zero-order valence-electron chi connectivity index (χ0n) is 11.4. The van der Waals surface area contributed by atoms with E-state index < -0.39 is 5.60 Å². The molecule has 0 radical (unpaired) electrons. The first-order chi connectivity index (χ1) is 9.13. The van der Waals surface area contributed by atoms with Crippen LogP contribution in [0.1, 0.15) is 37.7 Å². The molecule has 0 saturated heterocycles. The molecule has 1 aromatic rings. The Morgan fingerprint density at radius 3 is 2.68 bits per heavy atom. The van der Waals surface area contributed by atoms with E-state index in [0.29, 0.717) is 6.61 Å². The van der Waals surface area contributed by atoms with Crippen molar-refractivity contribution in [1.82, 2.24) is 5.32 Å². The minimum atomic E-state index is -0.638. The van der Waals surface area contributed by atoms with Crippen LogP contribution >= 0.6 is 15.9 Å². The number of rotatable bonds is 5. The van der Waals surface area contributed by atoms with E-state index in [1.54, 1.807) is 0 Å². The molecule has 1 aromatic carbocycles. The first-order valence-corrected chi connectivity index (χ1v) is 7.70. The molecule has 0 heterocycles. The molecule has 1 fully saturated rings. The van der Waals surface area contributed by atoms with Crippen LogP contribution in [0.3, 0.4) is 0 Å². The van der Waals surface area contributed by atoms with Gasteiger partial charge in [0.15, 0.2) is 0 Å². The molecule has 0 spiro atoms. The molecule has 106 valence electrons. The average Bonchev–Trinajstić information content (AvgIpc) is 2.39. The molecule has 0 atom stereocenters. The third-order valence-electron chi connectivity index (χ3n) is 3.66. The van der Waals surface area contributed by atoms with Gasteiger partial charge in [0.05, 0.1) is 10.1 Å².